The molecule has 0 aliphatic heterocycles. The molecule has 0 saturated carbocycles. The zero-order valence-corrected chi connectivity index (χ0v) is 12.2. The molecule has 18 heavy (non-hydrogen) atoms. The van der Waals surface area contributed by atoms with E-state index in [9.17, 15) is 4.79 Å². The summed E-state index contributed by atoms with van der Waals surface area (Å²) in [5.74, 6) is 1.24. The Kier molecular flexibility index (Phi) is 5.39. The lowest BCUT2D eigenvalue weighted by atomic mass is 9.84. The summed E-state index contributed by atoms with van der Waals surface area (Å²) in [4.78, 5) is 13.4. The Hall–Kier alpha value is -1.31. The fourth-order valence-corrected chi connectivity index (χ4v) is 2.20. The average molecular weight is 247 g/mol. The smallest absolute Gasteiger partial charge is 0.222 e. The van der Waals surface area contributed by atoms with Crippen LogP contribution >= 0.6 is 0 Å². The molecule has 1 aromatic carbocycles. The molecule has 0 aliphatic rings. The summed E-state index contributed by atoms with van der Waals surface area (Å²) >= 11 is 0. The molecule has 0 radical (unpaired) electrons. The zero-order valence-electron chi connectivity index (χ0n) is 12.2. The van der Waals surface area contributed by atoms with Gasteiger partial charge < -0.3 is 4.90 Å². The SMILES string of the molecule is Cc1ccc(C(CCC(=O)N(C)C)C(C)C)cc1. The fraction of sp³-hybridized carbons (Fsp3) is 0.562. The van der Waals surface area contributed by atoms with Crippen LogP contribution in [0.4, 0.5) is 0 Å². The van der Waals surface area contributed by atoms with Crippen LogP contribution < -0.4 is 0 Å². The number of hydrogen-bond acceptors (Lipinski definition) is 1. The average Bonchev–Trinajstić information content (AvgIpc) is 2.30. The van der Waals surface area contributed by atoms with E-state index < -0.39 is 0 Å². The van der Waals surface area contributed by atoms with Crippen molar-refractivity contribution in [3.05, 3.63) is 35.4 Å². The molecule has 2 heteroatoms. The number of amides is 1. The minimum Gasteiger partial charge on any atom is -0.349 e. The maximum Gasteiger partial charge on any atom is 0.222 e. The molecule has 1 rings (SSSR count). The maximum atomic E-state index is 11.7. The van der Waals surface area contributed by atoms with Gasteiger partial charge in [0.25, 0.3) is 0 Å². The van der Waals surface area contributed by atoms with Gasteiger partial charge in [-0.25, -0.2) is 0 Å². The van der Waals surface area contributed by atoms with Crippen LogP contribution in [0.3, 0.4) is 0 Å². The lowest BCUT2D eigenvalue weighted by molar-refractivity contribution is -0.128. The molecular weight excluding hydrogens is 222 g/mol. The zero-order chi connectivity index (χ0) is 13.7. The Balaban J connectivity index is 2.72. The van der Waals surface area contributed by atoms with Crippen LogP contribution in [0.2, 0.25) is 0 Å². The van der Waals surface area contributed by atoms with E-state index in [-0.39, 0.29) is 5.91 Å². The molecule has 0 fully saturated rings. The van der Waals surface area contributed by atoms with E-state index in [4.69, 9.17) is 0 Å². The van der Waals surface area contributed by atoms with Crippen LogP contribution in [0.25, 0.3) is 0 Å². The van der Waals surface area contributed by atoms with Crippen LogP contribution in [0.1, 0.15) is 43.7 Å². The van der Waals surface area contributed by atoms with Gasteiger partial charge in [0.05, 0.1) is 0 Å². The third kappa shape index (κ3) is 4.17. The highest BCUT2D eigenvalue weighted by Crippen LogP contribution is 2.29. The Labute approximate surface area is 111 Å². The van der Waals surface area contributed by atoms with Crippen molar-refractivity contribution in [3.8, 4) is 0 Å². The second-order valence-electron chi connectivity index (χ2n) is 5.59. The number of rotatable bonds is 5. The lowest BCUT2D eigenvalue weighted by Crippen LogP contribution is -2.22. The molecule has 1 unspecified atom stereocenters. The lowest BCUT2D eigenvalue weighted by Gasteiger charge is -2.22. The molecule has 1 aromatic rings. The molecule has 0 heterocycles. The van der Waals surface area contributed by atoms with Gasteiger partial charge in [-0.15, -0.1) is 0 Å². The van der Waals surface area contributed by atoms with Crippen LogP contribution in [-0.2, 0) is 4.79 Å². The van der Waals surface area contributed by atoms with Crippen molar-refractivity contribution in [1.29, 1.82) is 0 Å². The van der Waals surface area contributed by atoms with E-state index in [0.29, 0.717) is 18.3 Å². The molecule has 0 aromatic heterocycles. The second-order valence-corrected chi connectivity index (χ2v) is 5.59. The topological polar surface area (TPSA) is 20.3 Å². The second kappa shape index (κ2) is 6.58. The first kappa shape index (κ1) is 14.7. The molecule has 2 nitrogen and oxygen atoms in total. The molecular formula is C16H25NO. The number of aryl methyl sites for hydroxylation is 1. The van der Waals surface area contributed by atoms with Crippen LogP contribution in [-0.4, -0.2) is 24.9 Å². The normalized spacial score (nSPS) is 12.6. The number of carbonyl (C=O) groups is 1. The van der Waals surface area contributed by atoms with E-state index in [2.05, 4.69) is 45.0 Å². The minimum absolute atomic E-state index is 0.216. The van der Waals surface area contributed by atoms with E-state index in [1.165, 1.54) is 11.1 Å². The summed E-state index contributed by atoms with van der Waals surface area (Å²) in [6.45, 7) is 6.55. The Morgan fingerprint density at radius 3 is 2.17 bits per heavy atom. The van der Waals surface area contributed by atoms with E-state index in [0.717, 1.165) is 6.42 Å². The molecule has 0 spiro atoms. The summed E-state index contributed by atoms with van der Waals surface area (Å²) in [5, 5.41) is 0. The van der Waals surface area contributed by atoms with E-state index >= 15 is 0 Å². The molecule has 0 N–H and O–H groups in total. The van der Waals surface area contributed by atoms with Gasteiger partial charge >= 0.3 is 0 Å². The quantitative estimate of drug-likeness (QED) is 0.778. The van der Waals surface area contributed by atoms with Crippen LogP contribution in [0.5, 0.6) is 0 Å². The van der Waals surface area contributed by atoms with Crippen molar-refractivity contribution >= 4 is 5.91 Å². The molecule has 0 saturated heterocycles. The number of carbonyl (C=O) groups excluding carboxylic acids is 1. The van der Waals surface area contributed by atoms with Gasteiger partial charge in [0, 0.05) is 20.5 Å². The van der Waals surface area contributed by atoms with Gasteiger partial charge in [-0.2, -0.15) is 0 Å². The van der Waals surface area contributed by atoms with E-state index in [1.807, 2.05) is 14.1 Å². The van der Waals surface area contributed by atoms with Crippen molar-refractivity contribution in [2.45, 2.75) is 39.5 Å². The van der Waals surface area contributed by atoms with Gasteiger partial charge in [-0.05, 0) is 30.7 Å². The summed E-state index contributed by atoms with van der Waals surface area (Å²) in [5.41, 5.74) is 2.63. The number of benzene rings is 1. The van der Waals surface area contributed by atoms with Gasteiger partial charge in [0.2, 0.25) is 5.91 Å². The number of hydrogen-bond donors (Lipinski definition) is 0. The van der Waals surface area contributed by atoms with Crippen LogP contribution in [0, 0.1) is 12.8 Å². The molecule has 1 amide bonds. The molecule has 1 atom stereocenters. The van der Waals surface area contributed by atoms with E-state index in [1.54, 1.807) is 4.90 Å². The Bertz CT molecular complexity index is 379. The Morgan fingerprint density at radius 2 is 1.72 bits per heavy atom. The third-order valence-electron chi connectivity index (χ3n) is 3.48. The van der Waals surface area contributed by atoms with Gasteiger partial charge in [-0.3, -0.25) is 4.79 Å². The van der Waals surface area contributed by atoms with Crippen molar-refractivity contribution in [1.82, 2.24) is 4.90 Å². The van der Waals surface area contributed by atoms with Crippen molar-refractivity contribution in [2.75, 3.05) is 14.1 Å². The highest BCUT2D eigenvalue weighted by Gasteiger charge is 2.17. The predicted octanol–water partition coefficient (Wildman–Crippen LogP) is 3.60. The Morgan fingerprint density at radius 1 is 1.17 bits per heavy atom. The molecule has 0 aliphatic carbocycles. The van der Waals surface area contributed by atoms with Crippen LogP contribution in [0.15, 0.2) is 24.3 Å². The highest BCUT2D eigenvalue weighted by molar-refractivity contribution is 5.75. The van der Waals surface area contributed by atoms with Crippen molar-refractivity contribution in [2.24, 2.45) is 5.92 Å². The summed E-state index contributed by atoms with van der Waals surface area (Å²) in [7, 11) is 3.64. The monoisotopic (exact) mass is 247 g/mol. The highest BCUT2D eigenvalue weighted by atomic mass is 16.2. The standard InChI is InChI=1S/C16H25NO/c1-12(2)15(10-11-16(18)17(4)5)14-8-6-13(3)7-9-14/h6-9,12,15H,10-11H2,1-5H3. The fourth-order valence-electron chi connectivity index (χ4n) is 2.20. The molecule has 0 bridgehead atoms. The van der Waals surface area contributed by atoms with Crippen molar-refractivity contribution in [3.63, 3.8) is 0 Å². The van der Waals surface area contributed by atoms with Gasteiger partial charge in [-0.1, -0.05) is 43.7 Å². The first-order valence-corrected chi connectivity index (χ1v) is 6.68. The van der Waals surface area contributed by atoms with Gasteiger partial charge in [0.15, 0.2) is 0 Å². The predicted molar refractivity (Wildman–Crippen MR) is 76.7 cm³/mol. The first-order valence-electron chi connectivity index (χ1n) is 6.68. The maximum absolute atomic E-state index is 11.7. The van der Waals surface area contributed by atoms with Crippen molar-refractivity contribution < 1.29 is 4.79 Å². The number of nitrogens with zero attached hydrogens (tertiary/aromatic N) is 1. The summed E-state index contributed by atoms with van der Waals surface area (Å²) in [6.07, 6.45) is 1.56. The summed E-state index contributed by atoms with van der Waals surface area (Å²) in [6, 6.07) is 8.69. The van der Waals surface area contributed by atoms with Gasteiger partial charge in [0.1, 0.15) is 0 Å². The minimum atomic E-state index is 0.216. The first-order chi connectivity index (χ1) is 8.41. The third-order valence-corrected chi connectivity index (χ3v) is 3.48. The largest absolute Gasteiger partial charge is 0.349 e. The molecule has 100 valence electrons. The summed E-state index contributed by atoms with van der Waals surface area (Å²) < 4.78 is 0.